The van der Waals surface area contributed by atoms with E-state index in [0.29, 0.717) is 0 Å². The normalized spacial score (nSPS) is 12.2. The van der Waals surface area contributed by atoms with Crippen molar-refractivity contribution in [2.24, 2.45) is 11.5 Å². The quantitative estimate of drug-likeness (QED) is 0.553. The molecule has 0 aliphatic carbocycles. The van der Waals surface area contributed by atoms with Gasteiger partial charge in [0, 0.05) is 3.57 Å². The minimum absolute atomic E-state index is 0.0991. The van der Waals surface area contributed by atoms with E-state index < -0.39 is 11.9 Å². The van der Waals surface area contributed by atoms with E-state index in [1.807, 2.05) is 12.1 Å². The molecule has 0 saturated heterocycles. The van der Waals surface area contributed by atoms with E-state index in [-0.39, 0.29) is 6.61 Å². The standard InChI is InChI=1S/C9H9I3N2O2/c10-4-1-5(11)8(6(12)2-4)16-3-7(13)9(14)15/h1-2,7H,3,13H2,(H2,14,15). The monoisotopic (exact) mass is 558 g/mol. The summed E-state index contributed by atoms with van der Waals surface area (Å²) in [5.74, 6) is 0.189. The summed E-state index contributed by atoms with van der Waals surface area (Å²) in [4.78, 5) is 10.8. The van der Waals surface area contributed by atoms with E-state index in [1.54, 1.807) is 0 Å². The van der Waals surface area contributed by atoms with Crippen molar-refractivity contribution in [3.63, 3.8) is 0 Å². The molecule has 0 saturated carbocycles. The Hall–Kier alpha value is 0.640. The van der Waals surface area contributed by atoms with Crippen molar-refractivity contribution >= 4 is 73.7 Å². The molecule has 1 aromatic rings. The van der Waals surface area contributed by atoms with Gasteiger partial charge in [-0.1, -0.05) is 0 Å². The highest BCUT2D eigenvalue weighted by molar-refractivity contribution is 14.1. The molecular formula is C9H9I3N2O2. The number of hydrogen-bond acceptors (Lipinski definition) is 3. The van der Waals surface area contributed by atoms with Crippen LogP contribution < -0.4 is 16.2 Å². The third-order valence-electron chi connectivity index (χ3n) is 1.74. The average molecular weight is 558 g/mol. The van der Waals surface area contributed by atoms with Gasteiger partial charge >= 0.3 is 0 Å². The lowest BCUT2D eigenvalue weighted by atomic mass is 10.3. The Morgan fingerprint density at radius 3 is 2.25 bits per heavy atom. The first-order valence-corrected chi connectivity index (χ1v) is 7.47. The average Bonchev–Trinajstić information content (AvgIpc) is 2.15. The smallest absolute Gasteiger partial charge is 0.237 e. The molecule has 1 rings (SSSR count). The molecule has 0 radical (unpaired) electrons. The number of halogens is 3. The molecule has 0 bridgehead atoms. The third-order valence-corrected chi connectivity index (χ3v) is 3.96. The number of hydrogen-bond donors (Lipinski definition) is 2. The number of carbonyl (C=O) groups excluding carboxylic acids is 1. The Kier molecular flexibility index (Phi) is 6.01. The number of amides is 1. The molecule has 0 aliphatic heterocycles. The van der Waals surface area contributed by atoms with Crippen LogP contribution in [0.4, 0.5) is 0 Å². The van der Waals surface area contributed by atoms with Crippen molar-refractivity contribution in [1.82, 2.24) is 0 Å². The van der Waals surface area contributed by atoms with Crippen LogP contribution in [0.3, 0.4) is 0 Å². The summed E-state index contributed by atoms with van der Waals surface area (Å²) in [5.41, 5.74) is 10.5. The molecular weight excluding hydrogens is 549 g/mol. The van der Waals surface area contributed by atoms with Crippen LogP contribution in [0.5, 0.6) is 5.75 Å². The Morgan fingerprint density at radius 1 is 1.31 bits per heavy atom. The van der Waals surface area contributed by atoms with Crippen LogP contribution in [-0.4, -0.2) is 18.6 Å². The molecule has 4 N–H and O–H groups in total. The van der Waals surface area contributed by atoms with Gasteiger partial charge in [-0.15, -0.1) is 0 Å². The summed E-state index contributed by atoms with van der Waals surface area (Å²) < 4.78 is 8.62. The molecule has 1 atom stereocenters. The summed E-state index contributed by atoms with van der Waals surface area (Å²) in [7, 11) is 0. The number of primary amides is 1. The fraction of sp³-hybridized carbons (Fsp3) is 0.222. The van der Waals surface area contributed by atoms with Crippen molar-refractivity contribution in [2.45, 2.75) is 6.04 Å². The topological polar surface area (TPSA) is 78.3 Å². The Bertz CT molecular complexity index is 389. The Balaban J connectivity index is 2.78. The molecule has 4 nitrogen and oxygen atoms in total. The number of rotatable bonds is 4. The van der Waals surface area contributed by atoms with Crippen LogP contribution in [0.15, 0.2) is 12.1 Å². The zero-order chi connectivity index (χ0) is 12.3. The van der Waals surface area contributed by atoms with Gasteiger partial charge in [0.1, 0.15) is 18.4 Å². The molecule has 16 heavy (non-hydrogen) atoms. The lowest BCUT2D eigenvalue weighted by Gasteiger charge is -2.13. The van der Waals surface area contributed by atoms with Crippen molar-refractivity contribution in [2.75, 3.05) is 6.61 Å². The van der Waals surface area contributed by atoms with Gasteiger partial charge in [0.2, 0.25) is 5.91 Å². The van der Waals surface area contributed by atoms with Crippen molar-refractivity contribution in [3.05, 3.63) is 22.8 Å². The van der Waals surface area contributed by atoms with Gasteiger partial charge in [-0.3, -0.25) is 4.79 Å². The molecule has 0 aromatic heterocycles. The second-order valence-corrected chi connectivity index (χ2v) is 6.59. The van der Waals surface area contributed by atoms with Gasteiger partial charge in [0.15, 0.2) is 0 Å². The summed E-state index contributed by atoms with van der Waals surface area (Å²) >= 11 is 6.60. The Morgan fingerprint density at radius 2 is 1.81 bits per heavy atom. The van der Waals surface area contributed by atoms with E-state index >= 15 is 0 Å². The van der Waals surface area contributed by atoms with Gasteiger partial charge in [0.25, 0.3) is 0 Å². The molecule has 1 aromatic carbocycles. The minimum Gasteiger partial charge on any atom is -0.489 e. The van der Waals surface area contributed by atoms with Crippen LogP contribution >= 0.6 is 67.8 Å². The van der Waals surface area contributed by atoms with E-state index in [0.717, 1.165) is 16.5 Å². The van der Waals surface area contributed by atoms with E-state index in [2.05, 4.69) is 67.8 Å². The first kappa shape index (κ1) is 14.7. The summed E-state index contributed by atoms with van der Waals surface area (Å²) in [6, 6.07) is 3.22. The van der Waals surface area contributed by atoms with Crippen LogP contribution in [0.2, 0.25) is 0 Å². The van der Waals surface area contributed by atoms with Crippen LogP contribution in [0, 0.1) is 10.7 Å². The first-order valence-electron chi connectivity index (χ1n) is 4.24. The summed E-state index contributed by atoms with van der Waals surface area (Å²) in [6.07, 6.45) is 0. The molecule has 7 heteroatoms. The lowest BCUT2D eigenvalue weighted by molar-refractivity contribution is -0.119. The maximum atomic E-state index is 10.8. The molecule has 0 spiro atoms. The zero-order valence-corrected chi connectivity index (χ0v) is 14.5. The van der Waals surface area contributed by atoms with Gasteiger partial charge in [-0.25, -0.2) is 0 Å². The van der Waals surface area contributed by atoms with Gasteiger partial charge in [-0.05, 0) is 79.9 Å². The highest BCUT2D eigenvalue weighted by Crippen LogP contribution is 2.29. The third kappa shape index (κ3) is 4.14. The largest absolute Gasteiger partial charge is 0.489 e. The Labute approximate surface area is 134 Å². The maximum Gasteiger partial charge on any atom is 0.237 e. The summed E-state index contributed by atoms with van der Waals surface area (Å²) in [5, 5.41) is 0. The summed E-state index contributed by atoms with van der Waals surface area (Å²) in [6.45, 7) is 0.0991. The molecule has 0 heterocycles. The molecule has 1 unspecified atom stereocenters. The van der Waals surface area contributed by atoms with Crippen LogP contribution in [0.25, 0.3) is 0 Å². The van der Waals surface area contributed by atoms with E-state index in [1.165, 1.54) is 0 Å². The number of carbonyl (C=O) groups is 1. The lowest BCUT2D eigenvalue weighted by Crippen LogP contribution is -2.41. The van der Waals surface area contributed by atoms with E-state index in [9.17, 15) is 4.79 Å². The second kappa shape index (κ2) is 6.54. The second-order valence-electron chi connectivity index (χ2n) is 3.02. The van der Waals surface area contributed by atoms with Gasteiger partial charge in [0.05, 0.1) is 7.14 Å². The van der Waals surface area contributed by atoms with Crippen LogP contribution in [-0.2, 0) is 4.79 Å². The fourth-order valence-electron chi connectivity index (χ4n) is 0.922. The number of benzene rings is 1. The number of nitrogens with two attached hydrogens (primary N) is 2. The van der Waals surface area contributed by atoms with Crippen molar-refractivity contribution in [3.8, 4) is 5.75 Å². The maximum absolute atomic E-state index is 10.8. The molecule has 1 amide bonds. The first-order chi connectivity index (χ1) is 7.41. The highest BCUT2D eigenvalue weighted by atomic mass is 127. The SMILES string of the molecule is NC(=O)C(N)COc1c(I)cc(I)cc1I. The van der Waals surface area contributed by atoms with Crippen molar-refractivity contribution in [1.29, 1.82) is 0 Å². The molecule has 88 valence electrons. The molecule has 0 aliphatic rings. The predicted molar refractivity (Wildman–Crippen MR) is 87.3 cm³/mol. The van der Waals surface area contributed by atoms with Gasteiger partial charge < -0.3 is 16.2 Å². The van der Waals surface area contributed by atoms with Gasteiger partial charge in [-0.2, -0.15) is 0 Å². The number of ether oxygens (including phenoxy) is 1. The minimum atomic E-state index is -0.772. The van der Waals surface area contributed by atoms with Crippen LogP contribution in [0.1, 0.15) is 0 Å². The zero-order valence-electron chi connectivity index (χ0n) is 8.04. The van der Waals surface area contributed by atoms with Crippen molar-refractivity contribution < 1.29 is 9.53 Å². The predicted octanol–water partition coefficient (Wildman–Crippen LogP) is 1.69. The fourth-order valence-corrected chi connectivity index (χ4v) is 4.82. The molecule has 0 fully saturated rings. The van der Waals surface area contributed by atoms with E-state index in [4.69, 9.17) is 16.2 Å². The highest BCUT2D eigenvalue weighted by Gasteiger charge is 2.13.